The van der Waals surface area contributed by atoms with Crippen molar-refractivity contribution < 1.29 is 4.74 Å². The molecule has 0 amide bonds. The molecule has 2 N–H and O–H groups in total. The summed E-state index contributed by atoms with van der Waals surface area (Å²) in [5.41, 5.74) is 4.17. The molecule has 0 radical (unpaired) electrons. The standard InChI is InChI=1S/C25H30ClN5O/c1-16-7-8-18(26)13-22(16)30-25-29-15-21-23(31-25)20(17-5-3-2-4-6-17)14-28-24(21)32-19-9-11-27-12-10-19/h7-8,13-15,17,19,27H,2-6,9-12H2,1H3,(H,29,30,31). The Morgan fingerprint density at radius 1 is 1.03 bits per heavy atom. The third kappa shape index (κ3) is 4.66. The van der Waals surface area contributed by atoms with E-state index in [-0.39, 0.29) is 6.10 Å². The van der Waals surface area contributed by atoms with E-state index in [0.29, 0.717) is 22.8 Å². The Kier molecular flexibility index (Phi) is 6.42. The monoisotopic (exact) mass is 451 g/mol. The third-order valence-corrected chi connectivity index (χ3v) is 6.90. The first-order valence-corrected chi connectivity index (χ1v) is 12.1. The van der Waals surface area contributed by atoms with Gasteiger partial charge in [0.2, 0.25) is 11.8 Å². The molecule has 168 valence electrons. The molecule has 2 aromatic heterocycles. The minimum atomic E-state index is 0.180. The number of pyridine rings is 1. The van der Waals surface area contributed by atoms with E-state index in [2.05, 4.69) is 15.6 Å². The maximum atomic E-state index is 6.33. The number of halogens is 1. The van der Waals surface area contributed by atoms with E-state index in [0.717, 1.165) is 48.1 Å². The summed E-state index contributed by atoms with van der Waals surface area (Å²) in [7, 11) is 0. The lowest BCUT2D eigenvalue weighted by Crippen LogP contribution is -2.34. The number of nitrogens with one attached hydrogen (secondary N) is 2. The smallest absolute Gasteiger partial charge is 0.227 e. The number of anilines is 2. The molecule has 5 rings (SSSR count). The van der Waals surface area contributed by atoms with E-state index in [1.807, 2.05) is 37.5 Å². The van der Waals surface area contributed by atoms with Crippen molar-refractivity contribution in [2.75, 3.05) is 18.4 Å². The third-order valence-electron chi connectivity index (χ3n) is 6.67. The summed E-state index contributed by atoms with van der Waals surface area (Å²) >= 11 is 6.21. The van der Waals surface area contributed by atoms with Crippen LogP contribution >= 0.6 is 11.6 Å². The van der Waals surface area contributed by atoms with Crippen LogP contribution in [0.4, 0.5) is 11.6 Å². The number of piperidine rings is 1. The molecule has 0 bridgehead atoms. The maximum absolute atomic E-state index is 6.33. The van der Waals surface area contributed by atoms with Crippen LogP contribution in [0.15, 0.2) is 30.6 Å². The van der Waals surface area contributed by atoms with Crippen molar-refractivity contribution in [3.05, 3.63) is 46.7 Å². The minimum absolute atomic E-state index is 0.180. The fourth-order valence-electron chi connectivity index (χ4n) is 4.80. The van der Waals surface area contributed by atoms with Crippen LogP contribution in [0.2, 0.25) is 5.02 Å². The number of aromatic nitrogens is 3. The molecular formula is C25H30ClN5O. The molecule has 6 nitrogen and oxygen atoms in total. The Morgan fingerprint density at radius 2 is 1.84 bits per heavy atom. The molecule has 2 fully saturated rings. The highest BCUT2D eigenvalue weighted by atomic mass is 35.5. The maximum Gasteiger partial charge on any atom is 0.227 e. The largest absolute Gasteiger partial charge is 0.474 e. The molecular weight excluding hydrogens is 422 g/mol. The zero-order valence-electron chi connectivity index (χ0n) is 18.5. The second-order valence-corrected chi connectivity index (χ2v) is 9.40. The van der Waals surface area contributed by atoms with Crippen LogP contribution in [-0.4, -0.2) is 34.1 Å². The van der Waals surface area contributed by atoms with Crippen LogP contribution in [0.5, 0.6) is 5.88 Å². The SMILES string of the molecule is Cc1ccc(Cl)cc1Nc1ncc2c(OC3CCNCC3)ncc(C3CCCCC3)c2n1. The highest BCUT2D eigenvalue weighted by Gasteiger charge is 2.23. The molecule has 0 spiro atoms. The predicted molar refractivity (Wildman–Crippen MR) is 129 cm³/mol. The molecule has 1 saturated heterocycles. The number of hydrogen-bond donors (Lipinski definition) is 2. The molecule has 1 aliphatic carbocycles. The summed E-state index contributed by atoms with van der Waals surface area (Å²) in [6, 6.07) is 5.79. The van der Waals surface area contributed by atoms with Gasteiger partial charge >= 0.3 is 0 Å². The second kappa shape index (κ2) is 9.59. The number of hydrogen-bond acceptors (Lipinski definition) is 6. The van der Waals surface area contributed by atoms with Crippen LogP contribution in [0.3, 0.4) is 0 Å². The van der Waals surface area contributed by atoms with Crippen molar-refractivity contribution in [2.45, 2.75) is 63.9 Å². The molecule has 3 heterocycles. The number of benzene rings is 1. The number of rotatable bonds is 5. The van der Waals surface area contributed by atoms with Crippen molar-refractivity contribution in [3.63, 3.8) is 0 Å². The van der Waals surface area contributed by atoms with Gasteiger partial charge in [-0.3, -0.25) is 0 Å². The normalized spacial score (nSPS) is 18.1. The number of nitrogens with zero attached hydrogens (tertiary/aromatic N) is 3. The average Bonchev–Trinajstić information content (AvgIpc) is 2.83. The van der Waals surface area contributed by atoms with Crippen LogP contribution in [0.1, 0.15) is 62.0 Å². The quantitative estimate of drug-likeness (QED) is 0.502. The molecule has 2 aliphatic rings. The highest BCUT2D eigenvalue weighted by Crippen LogP contribution is 2.38. The van der Waals surface area contributed by atoms with Gasteiger partial charge in [-0.25, -0.2) is 15.0 Å². The predicted octanol–water partition coefficient (Wildman–Crippen LogP) is 5.91. The van der Waals surface area contributed by atoms with Gasteiger partial charge in [0, 0.05) is 28.7 Å². The lowest BCUT2D eigenvalue weighted by Gasteiger charge is -2.25. The first kappa shape index (κ1) is 21.4. The summed E-state index contributed by atoms with van der Waals surface area (Å²) in [6.45, 7) is 4.00. The van der Waals surface area contributed by atoms with Gasteiger partial charge in [0.05, 0.1) is 10.9 Å². The Labute approximate surface area is 194 Å². The van der Waals surface area contributed by atoms with E-state index < -0.39 is 0 Å². The van der Waals surface area contributed by atoms with Crippen LogP contribution in [0, 0.1) is 6.92 Å². The van der Waals surface area contributed by atoms with Gasteiger partial charge in [-0.1, -0.05) is 36.9 Å². The molecule has 0 unspecified atom stereocenters. The van der Waals surface area contributed by atoms with E-state index >= 15 is 0 Å². The van der Waals surface area contributed by atoms with Gasteiger partial charge < -0.3 is 15.4 Å². The van der Waals surface area contributed by atoms with E-state index in [1.165, 1.54) is 37.7 Å². The van der Waals surface area contributed by atoms with E-state index in [4.69, 9.17) is 26.3 Å². The second-order valence-electron chi connectivity index (χ2n) is 8.96. The van der Waals surface area contributed by atoms with Crippen molar-refractivity contribution in [1.82, 2.24) is 20.3 Å². The number of ether oxygens (including phenoxy) is 1. The summed E-state index contributed by atoms with van der Waals surface area (Å²) < 4.78 is 6.33. The fraction of sp³-hybridized carbons (Fsp3) is 0.480. The highest BCUT2D eigenvalue weighted by molar-refractivity contribution is 6.30. The summed E-state index contributed by atoms with van der Waals surface area (Å²) in [5.74, 6) is 1.71. The van der Waals surface area contributed by atoms with Gasteiger partial charge in [0.15, 0.2) is 0 Å². The molecule has 1 aliphatic heterocycles. The minimum Gasteiger partial charge on any atom is -0.474 e. The van der Waals surface area contributed by atoms with Gasteiger partial charge in [-0.15, -0.1) is 0 Å². The van der Waals surface area contributed by atoms with Gasteiger partial charge in [0.1, 0.15) is 6.10 Å². The first-order valence-electron chi connectivity index (χ1n) is 11.7. The molecule has 32 heavy (non-hydrogen) atoms. The number of aryl methyl sites for hydroxylation is 1. The zero-order chi connectivity index (χ0) is 21.9. The lowest BCUT2D eigenvalue weighted by atomic mass is 9.84. The Balaban J connectivity index is 1.53. The first-order chi connectivity index (χ1) is 15.7. The van der Waals surface area contributed by atoms with Crippen molar-refractivity contribution in [1.29, 1.82) is 0 Å². The summed E-state index contributed by atoms with van der Waals surface area (Å²) in [5, 5.41) is 8.33. The molecule has 0 atom stereocenters. The summed E-state index contributed by atoms with van der Waals surface area (Å²) in [6.07, 6.45) is 12.2. The van der Waals surface area contributed by atoms with Gasteiger partial charge in [-0.2, -0.15) is 0 Å². The number of fused-ring (bicyclic) bond motifs is 1. The van der Waals surface area contributed by atoms with Crippen molar-refractivity contribution >= 4 is 34.1 Å². The van der Waals surface area contributed by atoms with Crippen LogP contribution in [0.25, 0.3) is 10.9 Å². The van der Waals surface area contributed by atoms with Gasteiger partial charge in [0.25, 0.3) is 0 Å². The average molecular weight is 452 g/mol. The molecule has 1 saturated carbocycles. The zero-order valence-corrected chi connectivity index (χ0v) is 19.3. The van der Waals surface area contributed by atoms with E-state index in [9.17, 15) is 0 Å². The van der Waals surface area contributed by atoms with Crippen LogP contribution in [-0.2, 0) is 0 Å². The molecule has 3 aromatic rings. The topological polar surface area (TPSA) is 72.0 Å². The van der Waals surface area contributed by atoms with E-state index in [1.54, 1.807) is 0 Å². The van der Waals surface area contributed by atoms with Crippen molar-refractivity contribution in [3.8, 4) is 5.88 Å². The van der Waals surface area contributed by atoms with Crippen molar-refractivity contribution in [2.24, 2.45) is 0 Å². The Bertz CT molecular complexity index is 1090. The fourth-order valence-corrected chi connectivity index (χ4v) is 4.98. The Hall–Kier alpha value is -2.44. The summed E-state index contributed by atoms with van der Waals surface area (Å²) in [4.78, 5) is 14.3. The molecule has 1 aromatic carbocycles. The van der Waals surface area contributed by atoms with Gasteiger partial charge in [-0.05, 0) is 69.3 Å². The molecule has 7 heteroatoms. The lowest BCUT2D eigenvalue weighted by molar-refractivity contribution is 0.158. The van der Waals surface area contributed by atoms with Crippen LogP contribution < -0.4 is 15.4 Å². The Morgan fingerprint density at radius 3 is 2.66 bits per heavy atom.